The maximum atomic E-state index is 13.1. The molecule has 0 spiro atoms. The zero-order valence-corrected chi connectivity index (χ0v) is 15.2. The predicted molar refractivity (Wildman–Crippen MR) is 95.5 cm³/mol. The summed E-state index contributed by atoms with van der Waals surface area (Å²) in [7, 11) is 0. The van der Waals surface area contributed by atoms with Gasteiger partial charge in [0.05, 0.1) is 12.0 Å². The maximum absolute atomic E-state index is 13.1. The second-order valence-electron chi connectivity index (χ2n) is 7.01. The van der Waals surface area contributed by atoms with Gasteiger partial charge in [0.25, 0.3) is 12.3 Å². The van der Waals surface area contributed by atoms with E-state index in [0.29, 0.717) is 5.82 Å². The molecule has 1 aliphatic rings. The lowest BCUT2D eigenvalue weighted by Gasteiger charge is -2.13. The van der Waals surface area contributed by atoms with Crippen molar-refractivity contribution in [2.24, 2.45) is 5.73 Å². The summed E-state index contributed by atoms with van der Waals surface area (Å²) in [6.45, 7) is 2.09. The zero-order chi connectivity index (χ0) is 19.9. The lowest BCUT2D eigenvalue weighted by Crippen LogP contribution is -2.15. The first-order chi connectivity index (χ1) is 13.4. The number of rotatable bonds is 7. The number of aromatic nitrogens is 4. The van der Waals surface area contributed by atoms with Crippen molar-refractivity contribution in [3.05, 3.63) is 53.0 Å². The molecule has 2 heterocycles. The normalized spacial score (nSPS) is 15.1. The van der Waals surface area contributed by atoms with E-state index < -0.39 is 18.0 Å². The Bertz CT molecular complexity index is 1020. The Morgan fingerprint density at radius 2 is 2.11 bits per heavy atom. The molecule has 28 heavy (non-hydrogen) atoms. The van der Waals surface area contributed by atoms with Gasteiger partial charge in [-0.25, -0.2) is 8.78 Å². The highest BCUT2D eigenvalue weighted by molar-refractivity contribution is 5.73. The Balaban J connectivity index is 1.70. The van der Waals surface area contributed by atoms with E-state index >= 15 is 0 Å². The van der Waals surface area contributed by atoms with E-state index in [-0.39, 0.29) is 30.0 Å². The molecule has 1 aromatic carbocycles. The summed E-state index contributed by atoms with van der Waals surface area (Å²) < 4.78 is 32.9. The minimum atomic E-state index is -2.75. The molecule has 0 saturated heterocycles. The number of nitrogens with two attached hydrogens (primary N) is 1. The van der Waals surface area contributed by atoms with Gasteiger partial charge < -0.3 is 10.3 Å². The quantitative estimate of drug-likeness (QED) is 0.671. The van der Waals surface area contributed by atoms with Crippen LogP contribution in [-0.2, 0) is 16.8 Å². The molecule has 1 saturated carbocycles. The number of halogens is 2. The molecule has 7 nitrogen and oxygen atoms in total. The summed E-state index contributed by atoms with van der Waals surface area (Å²) in [5, 5.41) is 7.98. The molecule has 3 aromatic rings. The number of aryl methyl sites for hydroxylation is 2. The smallest absolute Gasteiger partial charge is 0.282 e. The second kappa shape index (κ2) is 6.81. The van der Waals surface area contributed by atoms with Crippen LogP contribution in [0, 0.1) is 6.92 Å². The molecule has 2 aromatic heterocycles. The molecule has 146 valence electrons. The van der Waals surface area contributed by atoms with Crippen molar-refractivity contribution in [2.75, 3.05) is 0 Å². The topological polar surface area (TPSA) is 99.8 Å². The van der Waals surface area contributed by atoms with Gasteiger partial charge in [-0.15, -0.1) is 0 Å². The molecule has 2 N–H and O–H groups in total. The van der Waals surface area contributed by atoms with Crippen LogP contribution < -0.4 is 5.73 Å². The number of alkyl halides is 2. The lowest BCUT2D eigenvalue weighted by atomic mass is 9.91. The van der Waals surface area contributed by atoms with Gasteiger partial charge in [0.15, 0.2) is 5.82 Å². The van der Waals surface area contributed by atoms with Crippen LogP contribution in [0.3, 0.4) is 0 Å². The summed E-state index contributed by atoms with van der Waals surface area (Å²) in [6.07, 6.45) is -1.01. The summed E-state index contributed by atoms with van der Waals surface area (Å²) in [6, 6.07) is 9.22. The van der Waals surface area contributed by atoms with Crippen LogP contribution in [0.15, 0.2) is 34.9 Å². The summed E-state index contributed by atoms with van der Waals surface area (Å²) in [5.41, 5.74) is 6.96. The van der Waals surface area contributed by atoms with Crippen LogP contribution in [0.4, 0.5) is 8.78 Å². The first-order valence-corrected chi connectivity index (χ1v) is 8.95. The largest absolute Gasteiger partial charge is 0.370 e. The molecular weight excluding hydrogens is 368 g/mol. The van der Waals surface area contributed by atoms with Crippen LogP contribution in [0.5, 0.6) is 0 Å². The third kappa shape index (κ3) is 3.17. The number of amides is 1. The van der Waals surface area contributed by atoms with E-state index in [1.54, 1.807) is 0 Å². The molecule has 0 aliphatic heterocycles. The number of carbonyl (C=O) groups excluding carboxylic acids is 1. The first kappa shape index (κ1) is 18.3. The average molecular weight is 387 g/mol. The van der Waals surface area contributed by atoms with Crippen molar-refractivity contribution in [3.63, 3.8) is 0 Å². The van der Waals surface area contributed by atoms with Crippen molar-refractivity contribution in [1.82, 2.24) is 19.9 Å². The standard InChI is InChI=1S/C19H19F2N5O2/c1-11-4-2-3-5-12(11)19(7-8-19)18-23-17(28-25-18)14-10-13(16(20)21)24-26(14)9-6-15(22)27/h2-5,10,16H,6-9H2,1H3,(H2,22,27). The first-order valence-electron chi connectivity index (χ1n) is 8.95. The molecule has 4 rings (SSSR count). The van der Waals surface area contributed by atoms with Crippen LogP contribution in [-0.4, -0.2) is 25.8 Å². The third-order valence-electron chi connectivity index (χ3n) is 5.08. The van der Waals surface area contributed by atoms with Crippen molar-refractivity contribution in [2.45, 2.75) is 44.6 Å². The third-order valence-corrected chi connectivity index (χ3v) is 5.08. The maximum Gasteiger partial charge on any atom is 0.282 e. The van der Waals surface area contributed by atoms with Crippen molar-refractivity contribution in [1.29, 1.82) is 0 Å². The zero-order valence-electron chi connectivity index (χ0n) is 15.2. The SMILES string of the molecule is Cc1ccccc1C1(c2noc(-c3cc(C(F)F)nn3CCC(N)=O)n2)CC1. The molecule has 9 heteroatoms. The fraction of sp³-hybridized carbons (Fsp3) is 0.368. The van der Waals surface area contributed by atoms with Crippen molar-refractivity contribution < 1.29 is 18.1 Å². The Morgan fingerprint density at radius 1 is 1.36 bits per heavy atom. The van der Waals surface area contributed by atoms with E-state index in [1.807, 2.05) is 31.2 Å². The predicted octanol–water partition coefficient (Wildman–Crippen LogP) is 3.13. The Labute approximate surface area is 159 Å². The monoisotopic (exact) mass is 387 g/mol. The van der Waals surface area contributed by atoms with Gasteiger partial charge in [-0.3, -0.25) is 9.48 Å². The summed E-state index contributed by atoms with van der Waals surface area (Å²) in [4.78, 5) is 15.6. The molecule has 0 radical (unpaired) electrons. The molecule has 1 fully saturated rings. The molecule has 1 amide bonds. The van der Waals surface area contributed by atoms with Crippen LogP contribution in [0.1, 0.15) is 48.3 Å². The van der Waals surface area contributed by atoms with Crippen molar-refractivity contribution in [3.8, 4) is 11.6 Å². The van der Waals surface area contributed by atoms with Crippen molar-refractivity contribution >= 4 is 5.91 Å². The highest BCUT2D eigenvalue weighted by Gasteiger charge is 2.50. The van der Waals surface area contributed by atoms with E-state index in [9.17, 15) is 13.6 Å². The lowest BCUT2D eigenvalue weighted by molar-refractivity contribution is -0.118. The van der Waals surface area contributed by atoms with Gasteiger partial charge in [0, 0.05) is 6.42 Å². The number of hydrogen-bond donors (Lipinski definition) is 1. The fourth-order valence-electron chi connectivity index (χ4n) is 3.47. The number of hydrogen-bond acceptors (Lipinski definition) is 5. The molecular formula is C19H19F2N5O2. The van der Waals surface area contributed by atoms with Gasteiger partial charge in [-0.05, 0) is 37.0 Å². The fourth-order valence-corrected chi connectivity index (χ4v) is 3.47. The van der Waals surface area contributed by atoms with Crippen LogP contribution in [0.2, 0.25) is 0 Å². The van der Waals surface area contributed by atoms with Gasteiger partial charge in [-0.1, -0.05) is 29.4 Å². The van der Waals surface area contributed by atoms with Gasteiger partial charge in [0.1, 0.15) is 11.4 Å². The van der Waals surface area contributed by atoms with Gasteiger partial charge in [-0.2, -0.15) is 10.1 Å². The molecule has 0 atom stereocenters. The second-order valence-corrected chi connectivity index (χ2v) is 7.01. The van der Waals surface area contributed by atoms with E-state index in [1.165, 1.54) is 10.7 Å². The number of primary amides is 1. The number of carbonyl (C=O) groups is 1. The highest BCUT2D eigenvalue weighted by Crippen LogP contribution is 2.53. The molecule has 0 unspecified atom stereocenters. The van der Waals surface area contributed by atoms with Gasteiger partial charge in [0.2, 0.25) is 5.91 Å². The highest BCUT2D eigenvalue weighted by atomic mass is 19.3. The summed E-state index contributed by atoms with van der Waals surface area (Å²) >= 11 is 0. The Morgan fingerprint density at radius 3 is 2.75 bits per heavy atom. The number of nitrogens with zero attached hydrogens (tertiary/aromatic N) is 4. The van der Waals surface area contributed by atoms with E-state index in [2.05, 4.69) is 15.2 Å². The summed E-state index contributed by atoms with van der Waals surface area (Å²) in [5.74, 6) is 0.0690. The number of benzene rings is 1. The molecule has 1 aliphatic carbocycles. The Kier molecular flexibility index (Phi) is 4.44. The van der Waals surface area contributed by atoms with E-state index in [0.717, 1.165) is 24.0 Å². The van der Waals surface area contributed by atoms with Crippen LogP contribution >= 0.6 is 0 Å². The minimum Gasteiger partial charge on any atom is -0.370 e. The molecule has 0 bridgehead atoms. The Hall–Kier alpha value is -3.10. The average Bonchev–Trinajstić information content (AvgIpc) is 3.12. The van der Waals surface area contributed by atoms with Gasteiger partial charge >= 0.3 is 0 Å². The van der Waals surface area contributed by atoms with E-state index in [4.69, 9.17) is 10.3 Å². The minimum absolute atomic E-state index is 0.0362. The van der Waals surface area contributed by atoms with Crippen LogP contribution in [0.25, 0.3) is 11.6 Å².